The van der Waals surface area contributed by atoms with Crippen LogP contribution in [0.25, 0.3) is 0 Å². The van der Waals surface area contributed by atoms with Gasteiger partial charge in [0.2, 0.25) is 5.91 Å². The monoisotopic (exact) mass is 421 g/mol. The summed E-state index contributed by atoms with van der Waals surface area (Å²) < 4.78 is 5.74. The van der Waals surface area contributed by atoms with Crippen LogP contribution in [0, 0.1) is 5.92 Å². The zero-order valence-corrected chi connectivity index (χ0v) is 16.5. The van der Waals surface area contributed by atoms with Gasteiger partial charge in [0, 0.05) is 20.1 Å². The minimum Gasteiger partial charge on any atom is -0.444 e. The summed E-state index contributed by atoms with van der Waals surface area (Å²) in [4.78, 5) is 27.8. The molecule has 1 aliphatic rings. The van der Waals surface area contributed by atoms with Gasteiger partial charge in [0.1, 0.15) is 0 Å². The summed E-state index contributed by atoms with van der Waals surface area (Å²) in [6, 6.07) is 3.26. The molecule has 1 saturated heterocycles. The lowest BCUT2D eigenvalue weighted by Gasteiger charge is -2.33. The van der Waals surface area contributed by atoms with Gasteiger partial charge in [-0.2, -0.15) is 0 Å². The van der Waals surface area contributed by atoms with Crippen LogP contribution in [0.2, 0.25) is 0 Å². The number of carbonyl (C=O) groups excluding carboxylic acids is 2. The SMILES string of the molecule is CNCCC1CCN(C(=O)CN(C)C(=O)c2ccc(Br)o2)CC1.Cl. The van der Waals surface area contributed by atoms with Crippen molar-refractivity contribution in [1.29, 1.82) is 0 Å². The van der Waals surface area contributed by atoms with Crippen LogP contribution in [-0.2, 0) is 4.79 Å². The molecule has 1 N–H and O–H groups in total. The highest BCUT2D eigenvalue weighted by Crippen LogP contribution is 2.20. The second kappa shape index (κ2) is 10.1. The van der Waals surface area contributed by atoms with Crippen LogP contribution in [0.4, 0.5) is 0 Å². The normalized spacial score (nSPS) is 15.0. The molecule has 0 aliphatic carbocycles. The smallest absolute Gasteiger partial charge is 0.289 e. The van der Waals surface area contributed by atoms with Crippen LogP contribution in [0.3, 0.4) is 0 Å². The number of nitrogens with one attached hydrogen (secondary N) is 1. The Morgan fingerprint density at radius 3 is 2.58 bits per heavy atom. The molecule has 24 heavy (non-hydrogen) atoms. The van der Waals surface area contributed by atoms with Crippen LogP contribution in [0.5, 0.6) is 0 Å². The summed E-state index contributed by atoms with van der Waals surface area (Å²) in [5.41, 5.74) is 0. The molecule has 0 aromatic carbocycles. The van der Waals surface area contributed by atoms with E-state index in [0.29, 0.717) is 10.6 Å². The van der Waals surface area contributed by atoms with Crippen molar-refractivity contribution in [3.8, 4) is 0 Å². The van der Waals surface area contributed by atoms with Gasteiger partial charge in [-0.3, -0.25) is 9.59 Å². The standard InChI is InChI=1S/C16H24BrN3O3.ClH/c1-18-8-5-12-6-9-20(10-7-12)15(21)11-19(2)16(22)13-3-4-14(17)23-13;/h3-4,12,18H,5-11H2,1-2H3;1H. The quantitative estimate of drug-likeness (QED) is 0.764. The van der Waals surface area contributed by atoms with Crippen molar-refractivity contribution in [2.24, 2.45) is 5.92 Å². The number of carbonyl (C=O) groups is 2. The largest absolute Gasteiger partial charge is 0.444 e. The number of hydrogen-bond acceptors (Lipinski definition) is 4. The van der Waals surface area contributed by atoms with E-state index < -0.39 is 0 Å². The topological polar surface area (TPSA) is 65.8 Å². The Labute approximate surface area is 157 Å². The van der Waals surface area contributed by atoms with E-state index in [4.69, 9.17) is 4.42 Å². The van der Waals surface area contributed by atoms with E-state index in [1.165, 1.54) is 4.90 Å². The molecule has 0 unspecified atom stereocenters. The Morgan fingerprint density at radius 2 is 2.04 bits per heavy atom. The highest BCUT2D eigenvalue weighted by atomic mass is 79.9. The van der Waals surface area contributed by atoms with Crippen molar-refractivity contribution in [3.63, 3.8) is 0 Å². The molecule has 0 atom stereocenters. The number of likely N-dealkylation sites (tertiary alicyclic amines) is 1. The third kappa shape index (κ3) is 5.79. The van der Waals surface area contributed by atoms with E-state index in [-0.39, 0.29) is 36.5 Å². The van der Waals surface area contributed by atoms with Crippen molar-refractivity contribution >= 4 is 40.2 Å². The van der Waals surface area contributed by atoms with Gasteiger partial charge in [0.25, 0.3) is 5.91 Å². The third-order valence-corrected chi connectivity index (χ3v) is 4.70. The van der Waals surface area contributed by atoms with Crippen LogP contribution < -0.4 is 5.32 Å². The highest BCUT2D eigenvalue weighted by Gasteiger charge is 2.25. The molecule has 2 amide bonds. The summed E-state index contributed by atoms with van der Waals surface area (Å²) in [7, 11) is 3.58. The lowest BCUT2D eigenvalue weighted by Crippen LogP contribution is -2.44. The molecule has 0 radical (unpaired) electrons. The summed E-state index contributed by atoms with van der Waals surface area (Å²) in [5.74, 6) is 0.635. The molecule has 1 aromatic heterocycles. The van der Waals surface area contributed by atoms with Gasteiger partial charge >= 0.3 is 0 Å². The van der Waals surface area contributed by atoms with E-state index in [9.17, 15) is 9.59 Å². The maximum atomic E-state index is 12.4. The number of hydrogen-bond donors (Lipinski definition) is 1. The molecule has 1 fully saturated rings. The summed E-state index contributed by atoms with van der Waals surface area (Å²) in [6.45, 7) is 2.66. The van der Waals surface area contributed by atoms with Gasteiger partial charge in [-0.15, -0.1) is 12.4 Å². The maximum absolute atomic E-state index is 12.4. The minimum absolute atomic E-state index is 0. The first-order chi connectivity index (χ1) is 11.0. The lowest BCUT2D eigenvalue weighted by molar-refractivity contribution is -0.133. The zero-order chi connectivity index (χ0) is 16.8. The number of amides is 2. The van der Waals surface area contributed by atoms with Gasteiger partial charge < -0.3 is 19.5 Å². The van der Waals surface area contributed by atoms with Crippen molar-refractivity contribution in [2.75, 3.05) is 40.3 Å². The molecule has 1 aliphatic heterocycles. The molecule has 1 aromatic rings. The van der Waals surface area contributed by atoms with Gasteiger partial charge in [-0.05, 0) is 66.8 Å². The number of halogens is 2. The second-order valence-corrected chi connectivity index (χ2v) is 6.76. The highest BCUT2D eigenvalue weighted by molar-refractivity contribution is 9.10. The fourth-order valence-corrected chi connectivity index (χ4v) is 3.12. The van der Waals surface area contributed by atoms with E-state index >= 15 is 0 Å². The summed E-state index contributed by atoms with van der Waals surface area (Å²) in [6.07, 6.45) is 3.23. The van der Waals surface area contributed by atoms with Gasteiger partial charge in [-0.1, -0.05) is 0 Å². The fourth-order valence-electron chi connectivity index (χ4n) is 2.81. The number of piperidine rings is 1. The summed E-state index contributed by atoms with van der Waals surface area (Å²) in [5, 5.41) is 3.17. The van der Waals surface area contributed by atoms with E-state index in [1.54, 1.807) is 19.2 Å². The van der Waals surface area contributed by atoms with Crippen LogP contribution in [0.1, 0.15) is 29.8 Å². The molecule has 0 spiro atoms. The molecular weight excluding hydrogens is 398 g/mol. The first-order valence-corrected chi connectivity index (χ1v) is 8.73. The van der Waals surface area contributed by atoms with E-state index in [1.807, 2.05) is 11.9 Å². The number of rotatable bonds is 6. The molecule has 0 bridgehead atoms. The predicted octanol–water partition coefficient (Wildman–Crippen LogP) is 2.38. The second-order valence-electron chi connectivity index (χ2n) is 5.98. The Morgan fingerprint density at radius 1 is 1.38 bits per heavy atom. The zero-order valence-electron chi connectivity index (χ0n) is 14.1. The van der Waals surface area contributed by atoms with Crippen molar-refractivity contribution in [1.82, 2.24) is 15.1 Å². The Bertz CT molecular complexity index is 544. The molecule has 6 nitrogen and oxygen atoms in total. The summed E-state index contributed by atoms with van der Waals surface area (Å²) >= 11 is 3.17. The number of likely N-dealkylation sites (N-methyl/N-ethyl adjacent to an activating group) is 1. The first-order valence-electron chi connectivity index (χ1n) is 7.94. The lowest BCUT2D eigenvalue weighted by atomic mass is 9.93. The third-order valence-electron chi connectivity index (χ3n) is 4.27. The van der Waals surface area contributed by atoms with Gasteiger partial charge in [0.05, 0.1) is 6.54 Å². The molecule has 2 rings (SSSR count). The first kappa shape index (κ1) is 21.0. The molecule has 2 heterocycles. The number of nitrogens with zero attached hydrogens (tertiary/aromatic N) is 2. The average Bonchev–Trinajstić information content (AvgIpc) is 2.99. The van der Waals surface area contributed by atoms with Crippen LogP contribution in [0.15, 0.2) is 21.2 Å². The molecular formula is C16H25BrClN3O3. The Balaban J connectivity index is 0.00000288. The number of furan rings is 1. The molecule has 136 valence electrons. The Hall–Kier alpha value is -1.05. The van der Waals surface area contributed by atoms with Crippen molar-refractivity contribution in [2.45, 2.75) is 19.3 Å². The van der Waals surface area contributed by atoms with Crippen molar-refractivity contribution in [3.05, 3.63) is 22.6 Å². The maximum Gasteiger partial charge on any atom is 0.289 e. The van der Waals surface area contributed by atoms with Crippen LogP contribution >= 0.6 is 28.3 Å². The Kier molecular flexibility index (Phi) is 8.80. The average molecular weight is 423 g/mol. The predicted molar refractivity (Wildman–Crippen MR) is 98.5 cm³/mol. The van der Waals surface area contributed by atoms with Crippen molar-refractivity contribution < 1.29 is 14.0 Å². The fraction of sp³-hybridized carbons (Fsp3) is 0.625. The van der Waals surface area contributed by atoms with Gasteiger partial charge in [-0.25, -0.2) is 0 Å². The van der Waals surface area contributed by atoms with Gasteiger partial charge in [0.15, 0.2) is 10.4 Å². The molecule has 8 heteroatoms. The molecule has 0 saturated carbocycles. The minimum atomic E-state index is -0.284. The van der Waals surface area contributed by atoms with Crippen LogP contribution in [-0.4, -0.2) is 61.9 Å². The van der Waals surface area contributed by atoms with E-state index in [2.05, 4.69) is 21.2 Å². The van der Waals surface area contributed by atoms with E-state index in [0.717, 1.165) is 38.9 Å².